The molecule has 252 valence electrons. The molecule has 1 spiro atoms. The number of oxime groups is 1. The van der Waals surface area contributed by atoms with Crippen LogP contribution < -0.4 is 10.6 Å². The zero-order valence-electron chi connectivity index (χ0n) is 27.5. The summed E-state index contributed by atoms with van der Waals surface area (Å²) >= 11 is 6.23. The lowest BCUT2D eigenvalue weighted by Gasteiger charge is -2.30. The molecule has 2 aliphatic heterocycles. The predicted octanol–water partition coefficient (Wildman–Crippen LogP) is 5.29. The molecule has 2 heterocycles. The summed E-state index contributed by atoms with van der Waals surface area (Å²) in [6.45, 7) is 11.0. The number of nitrogens with zero attached hydrogens (tertiary/aromatic N) is 2. The molecule has 11 nitrogen and oxygen atoms in total. The Morgan fingerprint density at radius 3 is 2.61 bits per heavy atom. The minimum atomic E-state index is -1.14. The Hall–Kier alpha value is -3.60. The Morgan fingerprint density at radius 2 is 1.98 bits per heavy atom. The highest BCUT2D eigenvalue weighted by Crippen LogP contribution is 2.47. The number of carbonyl (C=O) groups excluding carboxylic acids is 4. The third kappa shape index (κ3) is 8.21. The number of alkyl carbamates (subject to hydrolysis) is 1. The van der Waals surface area contributed by atoms with Crippen molar-refractivity contribution in [1.82, 2.24) is 15.5 Å². The molecule has 1 aromatic rings. The SMILES string of the molecule is C=CCCCCC[C@H](NC(=O)OC(C)(C)C)C(=O)N1C[C@@]2(CC(c3cccc(Cl)c3)=NO2)C[C@H]1C(=O)N[C@]1(C(=O)OC)C[C@H]1CC. The summed E-state index contributed by atoms with van der Waals surface area (Å²) < 4.78 is 10.5. The molecule has 46 heavy (non-hydrogen) atoms. The van der Waals surface area contributed by atoms with Crippen molar-refractivity contribution in [1.29, 1.82) is 0 Å². The van der Waals surface area contributed by atoms with Gasteiger partial charge in [-0.05, 0) is 64.5 Å². The smallest absolute Gasteiger partial charge is 0.408 e. The van der Waals surface area contributed by atoms with Crippen molar-refractivity contribution >= 4 is 41.2 Å². The summed E-state index contributed by atoms with van der Waals surface area (Å²) in [4.78, 5) is 61.6. The number of halogens is 1. The van der Waals surface area contributed by atoms with Gasteiger partial charge in [0.2, 0.25) is 11.8 Å². The van der Waals surface area contributed by atoms with E-state index < -0.39 is 52.7 Å². The summed E-state index contributed by atoms with van der Waals surface area (Å²) in [5, 5.41) is 10.6. The van der Waals surface area contributed by atoms with E-state index in [1.165, 1.54) is 12.0 Å². The number of likely N-dealkylation sites (tertiary alicyclic amines) is 1. The molecule has 12 heteroatoms. The molecule has 2 fully saturated rings. The number of carbonyl (C=O) groups is 4. The first-order valence-electron chi connectivity index (χ1n) is 16.1. The van der Waals surface area contributed by atoms with Gasteiger partial charge in [-0.3, -0.25) is 9.59 Å². The molecule has 1 saturated heterocycles. The Bertz CT molecular complexity index is 1360. The molecule has 3 aliphatic rings. The maximum absolute atomic E-state index is 14.4. The van der Waals surface area contributed by atoms with Gasteiger partial charge in [0, 0.05) is 23.4 Å². The standard InChI is InChI=1S/C34H47ClN4O7/c1-7-9-10-11-12-16-25(36-31(43)45-32(3,4)5)29(41)39-21-33(19-26(38-46-33)22-14-13-15-24(35)17-22)20-27(39)28(40)37-34(30(42)44-6)18-23(34)8-2/h7,13-15,17,23,25,27H,1,8-12,16,18-21H2,2-6H3,(H,36,43)(H,37,40)/t23-,25+,27+,33-,34-/m1/s1. The zero-order chi connectivity index (χ0) is 33.7. The van der Waals surface area contributed by atoms with Crippen LogP contribution in [-0.2, 0) is 28.7 Å². The largest absolute Gasteiger partial charge is 0.467 e. The van der Waals surface area contributed by atoms with Gasteiger partial charge in [0.1, 0.15) is 23.2 Å². The predicted molar refractivity (Wildman–Crippen MR) is 174 cm³/mol. The normalized spacial score (nSPS) is 25.7. The van der Waals surface area contributed by atoms with Crippen molar-refractivity contribution in [2.24, 2.45) is 11.1 Å². The fraction of sp³-hybridized carbons (Fsp3) is 0.618. The molecule has 1 aromatic carbocycles. The second-order valence-electron chi connectivity index (χ2n) is 13.6. The van der Waals surface area contributed by atoms with Crippen LogP contribution >= 0.6 is 11.6 Å². The van der Waals surface area contributed by atoms with Crippen molar-refractivity contribution in [2.75, 3.05) is 13.7 Å². The van der Waals surface area contributed by atoms with E-state index in [0.717, 1.165) is 24.8 Å². The van der Waals surface area contributed by atoms with E-state index >= 15 is 0 Å². The van der Waals surface area contributed by atoms with Crippen molar-refractivity contribution < 1.29 is 33.5 Å². The molecule has 4 rings (SSSR count). The molecular formula is C34H47ClN4O7. The number of ether oxygens (including phenoxy) is 2. The van der Waals surface area contributed by atoms with Crippen molar-refractivity contribution in [3.8, 4) is 0 Å². The average Bonchev–Trinajstić information content (AvgIpc) is 3.35. The van der Waals surface area contributed by atoms with Crippen LogP contribution in [0.5, 0.6) is 0 Å². The fourth-order valence-electron chi connectivity index (χ4n) is 6.44. The molecule has 2 N–H and O–H groups in total. The number of nitrogens with one attached hydrogen (secondary N) is 2. The van der Waals surface area contributed by atoms with E-state index in [1.54, 1.807) is 32.9 Å². The lowest BCUT2D eigenvalue weighted by atomic mass is 9.91. The highest BCUT2D eigenvalue weighted by atomic mass is 35.5. The van der Waals surface area contributed by atoms with Gasteiger partial charge in [-0.2, -0.15) is 0 Å². The molecule has 0 unspecified atom stereocenters. The third-order valence-corrected chi connectivity index (χ3v) is 9.10. The summed E-state index contributed by atoms with van der Waals surface area (Å²) in [5.41, 5.74) is -1.45. The Balaban J connectivity index is 1.61. The zero-order valence-corrected chi connectivity index (χ0v) is 28.3. The molecule has 5 atom stereocenters. The number of esters is 1. The monoisotopic (exact) mass is 658 g/mol. The van der Waals surface area contributed by atoms with Crippen molar-refractivity contribution in [3.63, 3.8) is 0 Å². The lowest BCUT2D eigenvalue weighted by Crippen LogP contribution is -2.56. The first kappa shape index (κ1) is 35.3. The average molecular weight is 659 g/mol. The van der Waals surface area contributed by atoms with E-state index in [9.17, 15) is 19.2 Å². The molecule has 0 aromatic heterocycles. The third-order valence-electron chi connectivity index (χ3n) is 8.87. The molecule has 0 radical (unpaired) electrons. The topological polar surface area (TPSA) is 136 Å². The van der Waals surface area contributed by atoms with E-state index in [-0.39, 0.29) is 18.9 Å². The molecule has 3 amide bonds. The first-order valence-corrected chi connectivity index (χ1v) is 16.5. The number of unbranched alkanes of at least 4 members (excludes halogenated alkanes) is 3. The molecule has 1 saturated carbocycles. The first-order chi connectivity index (χ1) is 21.8. The van der Waals surface area contributed by atoms with Gasteiger partial charge in [-0.15, -0.1) is 6.58 Å². The van der Waals surface area contributed by atoms with Gasteiger partial charge in [0.15, 0.2) is 5.60 Å². The Labute approximate surface area is 276 Å². The number of hydrogen-bond acceptors (Lipinski definition) is 8. The highest BCUT2D eigenvalue weighted by Gasteiger charge is 2.63. The van der Waals surface area contributed by atoms with Crippen LogP contribution in [0.1, 0.15) is 91.0 Å². The van der Waals surface area contributed by atoms with E-state index in [1.807, 2.05) is 25.1 Å². The lowest BCUT2D eigenvalue weighted by molar-refractivity contribution is -0.148. The van der Waals surface area contributed by atoms with Gasteiger partial charge < -0.3 is 29.8 Å². The molecule has 1 aliphatic carbocycles. The number of allylic oxidation sites excluding steroid dienone is 1. The maximum atomic E-state index is 14.4. The number of hydrogen-bond donors (Lipinski definition) is 2. The Morgan fingerprint density at radius 1 is 1.22 bits per heavy atom. The van der Waals surface area contributed by atoms with Crippen LogP contribution in [0, 0.1) is 5.92 Å². The second-order valence-corrected chi connectivity index (χ2v) is 14.0. The number of amides is 3. The van der Waals surface area contributed by atoms with Gasteiger partial charge in [-0.1, -0.05) is 61.2 Å². The quantitative estimate of drug-likeness (QED) is 0.167. The Kier molecular flexibility index (Phi) is 11.1. The van der Waals surface area contributed by atoms with Crippen LogP contribution in [0.15, 0.2) is 42.1 Å². The van der Waals surface area contributed by atoms with Gasteiger partial charge in [0.05, 0.1) is 19.4 Å². The highest BCUT2D eigenvalue weighted by molar-refractivity contribution is 6.31. The van der Waals surface area contributed by atoms with E-state index in [4.69, 9.17) is 25.9 Å². The minimum absolute atomic E-state index is 0.0584. The number of rotatable bonds is 13. The van der Waals surface area contributed by atoms with E-state index in [2.05, 4.69) is 22.4 Å². The number of methoxy groups -OCH3 is 1. The van der Waals surface area contributed by atoms with Crippen LogP contribution in [0.25, 0.3) is 0 Å². The van der Waals surface area contributed by atoms with Gasteiger partial charge in [-0.25, -0.2) is 9.59 Å². The molecular weight excluding hydrogens is 612 g/mol. The van der Waals surface area contributed by atoms with Crippen molar-refractivity contribution in [2.45, 2.75) is 114 Å². The maximum Gasteiger partial charge on any atom is 0.408 e. The van der Waals surface area contributed by atoms with Crippen molar-refractivity contribution in [3.05, 3.63) is 47.5 Å². The molecule has 0 bridgehead atoms. The van der Waals surface area contributed by atoms with Gasteiger partial charge in [0.25, 0.3) is 0 Å². The summed E-state index contributed by atoms with van der Waals surface area (Å²) in [7, 11) is 1.30. The van der Waals surface area contributed by atoms with E-state index in [0.29, 0.717) is 42.8 Å². The summed E-state index contributed by atoms with van der Waals surface area (Å²) in [6, 6.07) is 5.32. The summed E-state index contributed by atoms with van der Waals surface area (Å²) in [5.74, 6) is -1.48. The second kappa shape index (κ2) is 14.4. The minimum Gasteiger partial charge on any atom is -0.467 e. The number of benzene rings is 1. The van der Waals surface area contributed by atoms with Crippen LogP contribution in [0.3, 0.4) is 0 Å². The van der Waals surface area contributed by atoms with Crippen LogP contribution in [0.2, 0.25) is 5.02 Å². The van der Waals surface area contributed by atoms with Gasteiger partial charge >= 0.3 is 12.1 Å². The van der Waals surface area contributed by atoms with Crippen LogP contribution in [0.4, 0.5) is 4.79 Å². The fourth-order valence-corrected chi connectivity index (χ4v) is 6.63. The van der Waals surface area contributed by atoms with Crippen LogP contribution in [-0.4, -0.2) is 77.0 Å². The summed E-state index contributed by atoms with van der Waals surface area (Å²) in [6.07, 6.45) is 6.35.